The summed E-state index contributed by atoms with van der Waals surface area (Å²) in [5.74, 6) is 0.719. The summed E-state index contributed by atoms with van der Waals surface area (Å²) in [4.78, 5) is 2.52. The van der Waals surface area contributed by atoms with E-state index in [9.17, 15) is 0 Å². The van der Waals surface area contributed by atoms with E-state index in [0.29, 0.717) is 11.5 Å². The van der Waals surface area contributed by atoms with Crippen molar-refractivity contribution in [3.05, 3.63) is 0 Å². The first-order chi connectivity index (χ1) is 8.99. The van der Waals surface area contributed by atoms with E-state index >= 15 is 0 Å². The number of nitrogens with one attached hydrogen (secondary N) is 1. The standard InChI is InChI=1S/C16H34N2O/c1-6-7-15(4)18(5)12-16(8-9-19-13-16)11-17-10-14(2)3/h14-15,17H,6-13H2,1-5H3. The van der Waals surface area contributed by atoms with Crippen LogP contribution in [0.15, 0.2) is 0 Å². The number of hydrogen-bond acceptors (Lipinski definition) is 3. The molecule has 0 amide bonds. The van der Waals surface area contributed by atoms with Crippen LogP contribution >= 0.6 is 0 Å². The average molecular weight is 270 g/mol. The maximum absolute atomic E-state index is 5.69. The molecule has 19 heavy (non-hydrogen) atoms. The predicted octanol–water partition coefficient (Wildman–Crippen LogP) is 2.76. The van der Waals surface area contributed by atoms with Gasteiger partial charge in [0, 0.05) is 31.2 Å². The predicted molar refractivity (Wildman–Crippen MR) is 82.6 cm³/mol. The lowest BCUT2D eigenvalue weighted by molar-refractivity contribution is 0.101. The van der Waals surface area contributed by atoms with Crippen LogP contribution in [0.25, 0.3) is 0 Å². The van der Waals surface area contributed by atoms with Crippen molar-refractivity contribution in [3.63, 3.8) is 0 Å². The molecule has 0 saturated carbocycles. The van der Waals surface area contributed by atoms with Gasteiger partial charge in [0.25, 0.3) is 0 Å². The zero-order valence-electron chi connectivity index (χ0n) is 13.7. The highest BCUT2D eigenvalue weighted by Crippen LogP contribution is 2.29. The van der Waals surface area contributed by atoms with Crippen LogP contribution in [0.2, 0.25) is 0 Å². The molecule has 1 aliphatic rings. The largest absolute Gasteiger partial charge is 0.381 e. The molecule has 2 atom stereocenters. The van der Waals surface area contributed by atoms with Gasteiger partial charge in [0.1, 0.15) is 0 Å². The summed E-state index contributed by atoms with van der Waals surface area (Å²) in [6.07, 6.45) is 3.74. The van der Waals surface area contributed by atoms with Crippen LogP contribution in [0.4, 0.5) is 0 Å². The van der Waals surface area contributed by atoms with Gasteiger partial charge in [-0.2, -0.15) is 0 Å². The summed E-state index contributed by atoms with van der Waals surface area (Å²) in [7, 11) is 2.27. The summed E-state index contributed by atoms with van der Waals surface area (Å²) >= 11 is 0. The molecule has 3 nitrogen and oxygen atoms in total. The van der Waals surface area contributed by atoms with E-state index in [1.54, 1.807) is 0 Å². The van der Waals surface area contributed by atoms with Gasteiger partial charge < -0.3 is 15.0 Å². The number of rotatable bonds is 9. The molecule has 0 radical (unpaired) electrons. The lowest BCUT2D eigenvalue weighted by atomic mass is 9.86. The highest BCUT2D eigenvalue weighted by molar-refractivity contribution is 4.89. The second-order valence-electron chi connectivity index (χ2n) is 6.88. The monoisotopic (exact) mass is 270 g/mol. The summed E-state index contributed by atoms with van der Waals surface area (Å²) in [5, 5.41) is 3.64. The molecule has 3 heteroatoms. The third-order valence-electron chi connectivity index (χ3n) is 4.28. The van der Waals surface area contributed by atoms with Crippen molar-refractivity contribution in [2.45, 2.75) is 53.0 Å². The number of hydrogen-bond donors (Lipinski definition) is 1. The summed E-state index contributed by atoms with van der Waals surface area (Å²) in [6.45, 7) is 14.3. The molecule has 0 aliphatic carbocycles. The Hall–Kier alpha value is -0.120. The number of ether oxygens (including phenoxy) is 1. The molecule has 114 valence electrons. The van der Waals surface area contributed by atoms with Crippen molar-refractivity contribution in [1.82, 2.24) is 10.2 Å². The molecule has 0 aromatic heterocycles. The normalized spacial score (nSPS) is 25.4. The van der Waals surface area contributed by atoms with Gasteiger partial charge in [-0.3, -0.25) is 0 Å². The first-order valence-corrected chi connectivity index (χ1v) is 7.98. The average Bonchev–Trinajstić information content (AvgIpc) is 2.77. The van der Waals surface area contributed by atoms with Crippen molar-refractivity contribution < 1.29 is 4.74 Å². The van der Waals surface area contributed by atoms with Gasteiger partial charge in [0.2, 0.25) is 0 Å². The van der Waals surface area contributed by atoms with Crippen LogP contribution < -0.4 is 5.32 Å². The molecule has 1 N–H and O–H groups in total. The summed E-state index contributed by atoms with van der Waals surface area (Å²) in [5.41, 5.74) is 0.325. The Morgan fingerprint density at radius 2 is 2.05 bits per heavy atom. The fourth-order valence-electron chi connectivity index (χ4n) is 2.92. The molecule has 0 bridgehead atoms. The van der Waals surface area contributed by atoms with E-state index in [4.69, 9.17) is 4.74 Å². The van der Waals surface area contributed by atoms with E-state index in [1.807, 2.05) is 0 Å². The van der Waals surface area contributed by atoms with Crippen LogP contribution in [0.3, 0.4) is 0 Å². The minimum absolute atomic E-state index is 0.325. The number of nitrogens with zero attached hydrogens (tertiary/aromatic N) is 1. The van der Waals surface area contributed by atoms with Gasteiger partial charge in [-0.05, 0) is 39.3 Å². The Balaban J connectivity index is 2.46. The van der Waals surface area contributed by atoms with Crippen molar-refractivity contribution in [1.29, 1.82) is 0 Å². The Bertz CT molecular complexity index is 237. The van der Waals surface area contributed by atoms with Crippen molar-refractivity contribution in [3.8, 4) is 0 Å². The van der Waals surface area contributed by atoms with Crippen molar-refractivity contribution in [2.75, 3.05) is 39.9 Å². The molecule has 1 heterocycles. The van der Waals surface area contributed by atoms with E-state index in [-0.39, 0.29) is 0 Å². The second kappa shape index (κ2) is 8.23. The van der Waals surface area contributed by atoms with Crippen LogP contribution in [0, 0.1) is 11.3 Å². The van der Waals surface area contributed by atoms with Crippen LogP contribution in [-0.4, -0.2) is 50.8 Å². The molecule has 0 spiro atoms. The zero-order valence-corrected chi connectivity index (χ0v) is 13.7. The SMILES string of the molecule is CCCC(C)N(C)CC1(CNCC(C)C)CCOC1. The molecule has 0 aromatic carbocycles. The summed E-state index contributed by atoms with van der Waals surface area (Å²) in [6, 6.07) is 0.674. The van der Waals surface area contributed by atoms with Gasteiger partial charge in [-0.1, -0.05) is 27.2 Å². The minimum atomic E-state index is 0.325. The van der Waals surface area contributed by atoms with Crippen LogP contribution in [0.5, 0.6) is 0 Å². The quantitative estimate of drug-likeness (QED) is 0.697. The Labute approximate surface area is 120 Å². The van der Waals surface area contributed by atoms with Crippen LogP contribution in [-0.2, 0) is 4.74 Å². The van der Waals surface area contributed by atoms with Gasteiger partial charge in [0.05, 0.1) is 6.61 Å². The Morgan fingerprint density at radius 1 is 1.32 bits per heavy atom. The molecule has 1 rings (SSSR count). The molecule has 0 aromatic rings. The van der Waals surface area contributed by atoms with E-state index in [2.05, 4.69) is 45.0 Å². The van der Waals surface area contributed by atoms with E-state index in [0.717, 1.165) is 38.8 Å². The first-order valence-electron chi connectivity index (χ1n) is 7.98. The summed E-state index contributed by atoms with van der Waals surface area (Å²) < 4.78 is 5.69. The van der Waals surface area contributed by atoms with Crippen molar-refractivity contribution in [2.24, 2.45) is 11.3 Å². The maximum Gasteiger partial charge on any atom is 0.0547 e. The van der Waals surface area contributed by atoms with Gasteiger partial charge >= 0.3 is 0 Å². The molecular weight excluding hydrogens is 236 g/mol. The molecule has 1 fully saturated rings. The first kappa shape index (κ1) is 16.9. The highest BCUT2D eigenvalue weighted by Gasteiger charge is 2.36. The fourth-order valence-corrected chi connectivity index (χ4v) is 2.92. The molecule has 1 aliphatic heterocycles. The molecular formula is C16H34N2O. The minimum Gasteiger partial charge on any atom is -0.381 e. The van der Waals surface area contributed by atoms with Gasteiger partial charge in [-0.15, -0.1) is 0 Å². The Kier molecular flexibility index (Phi) is 7.33. The molecule has 2 unspecified atom stereocenters. The lowest BCUT2D eigenvalue weighted by Gasteiger charge is -2.35. The second-order valence-corrected chi connectivity index (χ2v) is 6.88. The van der Waals surface area contributed by atoms with E-state index < -0.39 is 0 Å². The topological polar surface area (TPSA) is 24.5 Å². The van der Waals surface area contributed by atoms with E-state index in [1.165, 1.54) is 19.3 Å². The highest BCUT2D eigenvalue weighted by atomic mass is 16.5. The zero-order chi connectivity index (χ0) is 14.3. The lowest BCUT2D eigenvalue weighted by Crippen LogP contribution is -2.46. The van der Waals surface area contributed by atoms with Crippen LogP contribution in [0.1, 0.15) is 47.0 Å². The van der Waals surface area contributed by atoms with Crippen molar-refractivity contribution >= 4 is 0 Å². The maximum atomic E-state index is 5.69. The van der Waals surface area contributed by atoms with Gasteiger partial charge in [0.15, 0.2) is 0 Å². The smallest absolute Gasteiger partial charge is 0.0547 e. The third-order valence-corrected chi connectivity index (χ3v) is 4.28. The van der Waals surface area contributed by atoms with Gasteiger partial charge in [-0.25, -0.2) is 0 Å². The fraction of sp³-hybridized carbons (Fsp3) is 1.00. The Morgan fingerprint density at radius 3 is 2.58 bits per heavy atom. The third kappa shape index (κ3) is 5.80. The molecule has 1 saturated heterocycles.